The number of aliphatic hydroxyl groups is 4. The summed E-state index contributed by atoms with van der Waals surface area (Å²) in [4.78, 5) is 49.0. The van der Waals surface area contributed by atoms with Gasteiger partial charge in [-0.1, -0.05) is 62.4 Å². The zero-order valence-electron chi connectivity index (χ0n) is 30.1. The maximum Gasteiger partial charge on any atom is 0.342 e. The van der Waals surface area contributed by atoms with E-state index in [0.717, 1.165) is 11.1 Å². The summed E-state index contributed by atoms with van der Waals surface area (Å²) in [5.74, 6) is -3.54. The highest BCUT2D eigenvalue weighted by molar-refractivity contribution is 5.98. The van der Waals surface area contributed by atoms with Gasteiger partial charge >= 0.3 is 11.9 Å². The lowest BCUT2D eigenvalue weighted by Crippen LogP contribution is -2.32. The minimum Gasteiger partial charge on any atom is -0.507 e. The fourth-order valence-corrected chi connectivity index (χ4v) is 5.28. The molecule has 0 spiro atoms. The van der Waals surface area contributed by atoms with E-state index in [9.17, 15) is 49.8 Å². The first kappa shape index (κ1) is 41.5. The molecule has 0 unspecified atom stereocenters. The Balaban J connectivity index is 0.000000280. The van der Waals surface area contributed by atoms with Crippen molar-refractivity contribution in [1.82, 2.24) is 0 Å². The van der Waals surface area contributed by atoms with Crippen LogP contribution in [0, 0.1) is 25.7 Å². The maximum atomic E-state index is 12.5. The quantitative estimate of drug-likeness (QED) is 0.211. The largest absolute Gasteiger partial charge is 0.507 e. The molecule has 12 heteroatoms. The van der Waals surface area contributed by atoms with Gasteiger partial charge in [0.2, 0.25) is 0 Å². The van der Waals surface area contributed by atoms with Crippen LogP contribution in [-0.2, 0) is 19.1 Å². The molecular weight excluding hydrogens is 672 g/mol. The molecule has 4 rings (SSSR count). The van der Waals surface area contributed by atoms with E-state index in [2.05, 4.69) is 0 Å². The van der Waals surface area contributed by atoms with Crippen LogP contribution in [0.3, 0.4) is 0 Å². The van der Waals surface area contributed by atoms with E-state index in [1.165, 1.54) is 48.6 Å². The monoisotopic (exact) mass is 720 g/mol. The number of aromatic hydroxyl groups is 2. The second-order valence-corrected chi connectivity index (χ2v) is 13.3. The van der Waals surface area contributed by atoms with Gasteiger partial charge in [0.15, 0.2) is 11.6 Å². The Labute approximate surface area is 303 Å². The lowest BCUT2D eigenvalue weighted by atomic mass is 9.99. The van der Waals surface area contributed by atoms with Crippen molar-refractivity contribution < 1.29 is 59.3 Å². The van der Waals surface area contributed by atoms with E-state index in [4.69, 9.17) is 9.47 Å². The molecule has 2 heterocycles. The smallest absolute Gasteiger partial charge is 0.342 e. The third kappa shape index (κ3) is 11.1. The van der Waals surface area contributed by atoms with Crippen molar-refractivity contribution in [3.05, 3.63) is 94.1 Å². The molecule has 0 saturated heterocycles. The second-order valence-electron chi connectivity index (χ2n) is 13.3. The van der Waals surface area contributed by atoms with Crippen LogP contribution in [0.1, 0.15) is 83.5 Å². The number of ketones is 2. The van der Waals surface area contributed by atoms with Crippen LogP contribution in [0.2, 0.25) is 0 Å². The minimum absolute atomic E-state index is 0.00982. The van der Waals surface area contributed by atoms with Crippen molar-refractivity contribution in [3.8, 4) is 11.5 Å². The third-order valence-corrected chi connectivity index (χ3v) is 8.85. The van der Waals surface area contributed by atoms with E-state index < -0.39 is 60.1 Å². The van der Waals surface area contributed by atoms with Crippen molar-refractivity contribution in [3.63, 3.8) is 0 Å². The molecule has 52 heavy (non-hydrogen) atoms. The topological polar surface area (TPSA) is 208 Å². The molecule has 2 aromatic carbocycles. The fourth-order valence-electron chi connectivity index (χ4n) is 5.28. The molecule has 0 amide bonds. The summed E-state index contributed by atoms with van der Waals surface area (Å²) in [6.45, 7) is 10.4. The Hall–Kier alpha value is -4.88. The van der Waals surface area contributed by atoms with Crippen molar-refractivity contribution in [2.75, 3.05) is 0 Å². The van der Waals surface area contributed by atoms with E-state index >= 15 is 0 Å². The number of hydrogen-bond acceptors (Lipinski definition) is 12. The molecule has 8 atom stereocenters. The first-order valence-electron chi connectivity index (χ1n) is 17.0. The average molecular weight is 721 g/mol. The summed E-state index contributed by atoms with van der Waals surface area (Å²) in [6.07, 6.45) is 4.89. The van der Waals surface area contributed by atoms with Crippen LogP contribution in [0.15, 0.2) is 60.7 Å². The average Bonchev–Trinajstić information content (AvgIpc) is 3.07. The van der Waals surface area contributed by atoms with Crippen LogP contribution in [0.4, 0.5) is 0 Å². The number of ether oxygens (including phenoxy) is 2. The SMILES string of the molecule is Cc1cc(O)c2c(c1)/C=C/C[C@H](O)[C@H](O)C(=O)/C=C\[C@@H](C)[C@@H](C)OC2=O.Cc1cc(O)c2c(c1)/C=C/C[C@H](O)[C@H](O)C(=O)/C=C\[C@H](C)[C@H](C)OC2=O. The lowest BCUT2D eigenvalue weighted by molar-refractivity contribution is -0.128. The predicted molar refractivity (Wildman–Crippen MR) is 193 cm³/mol. The van der Waals surface area contributed by atoms with Crippen LogP contribution in [0.5, 0.6) is 11.5 Å². The van der Waals surface area contributed by atoms with Gasteiger partial charge in [-0.05, 0) is 87.1 Å². The molecule has 0 bridgehead atoms. The number of hydrogen-bond donors (Lipinski definition) is 6. The van der Waals surface area contributed by atoms with Gasteiger partial charge in [-0.25, -0.2) is 9.59 Å². The van der Waals surface area contributed by atoms with Crippen LogP contribution in [-0.4, -0.2) is 90.8 Å². The number of aryl methyl sites for hydroxylation is 2. The lowest BCUT2D eigenvalue weighted by Gasteiger charge is -2.20. The summed E-state index contributed by atoms with van der Waals surface area (Å²) >= 11 is 0. The second kappa shape index (κ2) is 18.6. The van der Waals surface area contributed by atoms with Gasteiger partial charge in [0.1, 0.15) is 47.0 Å². The molecule has 280 valence electrons. The number of fused-ring (bicyclic) bond motifs is 2. The Morgan fingerprint density at radius 2 is 0.904 bits per heavy atom. The molecule has 0 aromatic heterocycles. The number of benzene rings is 2. The standard InChI is InChI=1S/2C20H24O6/c2*1-11-9-14-5-4-6-15(21)19(24)16(22)8-7-12(2)13(3)26-20(25)18(14)17(23)10-11/h2*4-5,7-10,12-13,15,19,21,23-24H,6H2,1-3H3/b2*5-4+,8-7-/t12-,13-,15+,19+;12-,13-,15-,19-/m10/s1. The summed E-state index contributed by atoms with van der Waals surface area (Å²) in [5.41, 5.74) is 2.46. The zero-order valence-corrected chi connectivity index (χ0v) is 30.1. The minimum atomic E-state index is -1.53. The highest BCUT2D eigenvalue weighted by Gasteiger charge is 2.27. The van der Waals surface area contributed by atoms with Gasteiger partial charge < -0.3 is 40.1 Å². The molecule has 2 aliphatic rings. The van der Waals surface area contributed by atoms with E-state index in [-0.39, 0.29) is 47.3 Å². The zero-order chi connectivity index (χ0) is 38.9. The first-order valence-corrected chi connectivity index (χ1v) is 17.0. The molecule has 2 aromatic rings. The Morgan fingerprint density at radius 3 is 1.25 bits per heavy atom. The van der Waals surface area contributed by atoms with E-state index in [1.807, 2.05) is 0 Å². The van der Waals surface area contributed by atoms with Crippen molar-refractivity contribution in [1.29, 1.82) is 0 Å². The Kier molecular flexibility index (Phi) is 14.8. The van der Waals surface area contributed by atoms with Gasteiger partial charge in [0, 0.05) is 11.8 Å². The summed E-state index contributed by atoms with van der Waals surface area (Å²) < 4.78 is 10.9. The third-order valence-electron chi connectivity index (χ3n) is 8.85. The number of esters is 2. The summed E-state index contributed by atoms with van der Waals surface area (Å²) in [7, 11) is 0. The van der Waals surface area contributed by atoms with Gasteiger partial charge in [-0.3, -0.25) is 9.59 Å². The van der Waals surface area contributed by atoms with E-state index in [0.29, 0.717) is 11.1 Å². The summed E-state index contributed by atoms with van der Waals surface area (Å²) in [5, 5.41) is 60.2. The molecule has 0 saturated carbocycles. The predicted octanol–water partition coefficient (Wildman–Crippen LogP) is 4.29. The van der Waals surface area contributed by atoms with Crippen molar-refractivity contribution >= 4 is 35.7 Å². The number of phenols is 2. The van der Waals surface area contributed by atoms with Crippen LogP contribution >= 0.6 is 0 Å². The maximum absolute atomic E-state index is 12.5. The fraction of sp³-hybridized carbons (Fsp3) is 0.400. The van der Waals surface area contributed by atoms with E-state index in [1.54, 1.807) is 65.8 Å². The number of rotatable bonds is 0. The number of carbonyl (C=O) groups is 4. The number of cyclic esters (lactones) is 2. The molecule has 12 nitrogen and oxygen atoms in total. The van der Waals surface area contributed by atoms with Gasteiger partial charge in [-0.2, -0.15) is 0 Å². The van der Waals surface area contributed by atoms with Gasteiger partial charge in [0.05, 0.1) is 12.2 Å². The van der Waals surface area contributed by atoms with Gasteiger partial charge in [-0.15, -0.1) is 0 Å². The van der Waals surface area contributed by atoms with Crippen LogP contribution < -0.4 is 0 Å². The Bertz CT molecular complexity index is 1630. The molecule has 0 radical (unpaired) electrons. The molecule has 6 N–H and O–H groups in total. The molecular formula is C40H48O12. The molecule has 2 aliphatic heterocycles. The van der Waals surface area contributed by atoms with Gasteiger partial charge in [0.25, 0.3) is 0 Å². The Morgan fingerprint density at radius 1 is 0.558 bits per heavy atom. The number of aliphatic hydroxyl groups excluding tert-OH is 4. The molecule has 0 fully saturated rings. The highest BCUT2D eigenvalue weighted by Crippen LogP contribution is 2.29. The number of phenolic OH excluding ortho intramolecular Hbond substituents is 2. The van der Waals surface area contributed by atoms with Crippen LogP contribution in [0.25, 0.3) is 12.2 Å². The molecule has 0 aliphatic carbocycles. The normalized spacial score (nSPS) is 30.0. The van der Waals surface area contributed by atoms with Crippen molar-refractivity contribution in [2.45, 2.75) is 91.0 Å². The van der Waals surface area contributed by atoms with Crippen molar-refractivity contribution in [2.24, 2.45) is 11.8 Å². The highest BCUT2D eigenvalue weighted by atomic mass is 16.5. The number of carbonyl (C=O) groups excluding carboxylic acids is 4. The first-order chi connectivity index (χ1) is 24.4. The summed E-state index contributed by atoms with van der Waals surface area (Å²) in [6, 6.07) is 6.37.